The van der Waals surface area contributed by atoms with Crippen molar-refractivity contribution in [1.82, 2.24) is 9.97 Å². The Labute approximate surface area is 236 Å². The molecule has 0 amide bonds. The SMILES string of the molecule is CC(C)N(c1nc(OCc2ccc(F)c(F)c2)c(-c2ccc(Cl)cc2)c(-c2ccc(Cl)cc2Cl)n1)C(C)C. The molecule has 0 fully saturated rings. The molecule has 9 heteroatoms. The topological polar surface area (TPSA) is 38.2 Å². The zero-order valence-electron chi connectivity index (χ0n) is 21.3. The molecule has 1 aromatic heterocycles. The molecule has 1 heterocycles. The van der Waals surface area contributed by atoms with Crippen LogP contribution in [-0.2, 0) is 6.61 Å². The van der Waals surface area contributed by atoms with Crippen LogP contribution >= 0.6 is 34.8 Å². The van der Waals surface area contributed by atoms with Crippen LogP contribution in [0.15, 0.2) is 60.7 Å². The lowest BCUT2D eigenvalue weighted by Crippen LogP contribution is -2.38. The Kier molecular flexibility index (Phi) is 8.76. The van der Waals surface area contributed by atoms with Gasteiger partial charge in [0.05, 0.1) is 16.3 Å². The molecule has 0 aliphatic rings. The molecule has 0 aliphatic carbocycles. The lowest BCUT2D eigenvalue weighted by Gasteiger charge is -2.32. The molecule has 3 aromatic carbocycles. The Bertz CT molecular complexity index is 1440. The van der Waals surface area contributed by atoms with Gasteiger partial charge in [-0.25, -0.2) is 13.8 Å². The summed E-state index contributed by atoms with van der Waals surface area (Å²) in [6, 6.07) is 16.1. The van der Waals surface area contributed by atoms with Crippen LogP contribution in [0.2, 0.25) is 15.1 Å². The van der Waals surface area contributed by atoms with Gasteiger partial charge in [-0.1, -0.05) is 53.0 Å². The molecule has 0 radical (unpaired) electrons. The first-order valence-corrected chi connectivity index (χ1v) is 13.2. The van der Waals surface area contributed by atoms with E-state index in [1.54, 1.807) is 30.3 Å². The number of ether oxygens (including phenoxy) is 1. The van der Waals surface area contributed by atoms with E-state index in [4.69, 9.17) is 49.5 Å². The van der Waals surface area contributed by atoms with E-state index in [9.17, 15) is 8.78 Å². The third-order valence-electron chi connectivity index (χ3n) is 5.89. The highest BCUT2D eigenvalue weighted by Crippen LogP contribution is 2.42. The van der Waals surface area contributed by atoms with E-state index >= 15 is 0 Å². The lowest BCUT2D eigenvalue weighted by atomic mass is 10.00. The summed E-state index contributed by atoms with van der Waals surface area (Å²) in [7, 11) is 0. The van der Waals surface area contributed by atoms with Gasteiger partial charge in [0.1, 0.15) is 6.61 Å². The largest absolute Gasteiger partial charge is 0.472 e. The van der Waals surface area contributed by atoms with Crippen LogP contribution in [-0.4, -0.2) is 22.1 Å². The Morgan fingerprint density at radius 1 is 0.789 bits per heavy atom. The molecule has 38 heavy (non-hydrogen) atoms. The predicted molar refractivity (Wildman–Crippen MR) is 151 cm³/mol. The summed E-state index contributed by atoms with van der Waals surface area (Å²) >= 11 is 19.0. The smallest absolute Gasteiger partial charge is 0.229 e. The average molecular weight is 577 g/mol. The molecule has 0 unspecified atom stereocenters. The molecule has 4 nitrogen and oxygen atoms in total. The zero-order chi connectivity index (χ0) is 27.6. The van der Waals surface area contributed by atoms with Gasteiger partial charge >= 0.3 is 0 Å². The standard InChI is InChI=1S/C29H26Cl3F2N3O/c1-16(2)37(17(3)4)29-35-27(22-11-10-21(31)14-23(22)32)26(19-6-8-20(30)9-7-19)28(36-29)38-15-18-5-12-24(33)25(34)13-18/h5-14,16-17H,15H2,1-4H3. The van der Waals surface area contributed by atoms with Gasteiger partial charge in [-0.15, -0.1) is 0 Å². The van der Waals surface area contributed by atoms with Crippen LogP contribution < -0.4 is 9.64 Å². The normalized spacial score (nSPS) is 11.3. The van der Waals surface area contributed by atoms with Crippen molar-refractivity contribution in [3.63, 3.8) is 0 Å². The molecule has 0 aliphatic heterocycles. The third kappa shape index (κ3) is 6.20. The minimum atomic E-state index is -0.952. The van der Waals surface area contributed by atoms with Crippen LogP contribution in [0.1, 0.15) is 33.3 Å². The molecule has 0 bridgehead atoms. The van der Waals surface area contributed by atoms with Crippen molar-refractivity contribution >= 4 is 40.8 Å². The summed E-state index contributed by atoms with van der Waals surface area (Å²) in [5.74, 6) is -1.18. The molecule has 0 N–H and O–H groups in total. The Hall–Kier alpha value is -2.93. The third-order valence-corrected chi connectivity index (χ3v) is 6.69. The van der Waals surface area contributed by atoms with Gasteiger partial charge in [-0.3, -0.25) is 0 Å². The number of nitrogens with zero attached hydrogens (tertiary/aromatic N) is 3. The Morgan fingerprint density at radius 2 is 1.45 bits per heavy atom. The van der Waals surface area contributed by atoms with Gasteiger partial charge in [-0.05, 0) is 81.3 Å². The first-order chi connectivity index (χ1) is 18.0. The highest BCUT2D eigenvalue weighted by molar-refractivity contribution is 6.36. The summed E-state index contributed by atoms with van der Waals surface area (Å²) in [5.41, 5.74) is 2.93. The fraction of sp³-hybridized carbons (Fsp3) is 0.241. The number of anilines is 1. The van der Waals surface area contributed by atoms with Gasteiger partial charge in [0, 0.05) is 27.7 Å². The quantitative estimate of drug-likeness (QED) is 0.209. The summed E-state index contributed by atoms with van der Waals surface area (Å²) in [4.78, 5) is 11.9. The van der Waals surface area contributed by atoms with Crippen LogP contribution in [0.5, 0.6) is 5.88 Å². The predicted octanol–water partition coefficient (Wildman–Crippen LogP) is 9.25. The van der Waals surface area contributed by atoms with Crippen molar-refractivity contribution in [3.8, 4) is 28.3 Å². The molecule has 198 valence electrons. The molecular formula is C29H26Cl3F2N3O. The van der Waals surface area contributed by atoms with Crippen LogP contribution in [0.25, 0.3) is 22.4 Å². The van der Waals surface area contributed by atoms with Gasteiger partial charge in [0.15, 0.2) is 11.6 Å². The minimum Gasteiger partial charge on any atom is -0.472 e. The van der Waals surface area contributed by atoms with E-state index in [-0.39, 0.29) is 24.6 Å². The summed E-state index contributed by atoms with van der Waals surface area (Å²) in [5, 5.41) is 1.46. The second-order valence-corrected chi connectivity index (χ2v) is 10.6. The van der Waals surface area contributed by atoms with E-state index in [0.717, 1.165) is 17.7 Å². The second kappa shape index (κ2) is 11.9. The van der Waals surface area contributed by atoms with Crippen LogP contribution in [0.4, 0.5) is 14.7 Å². The summed E-state index contributed by atoms with van der Waals surface area (Å²) < 4.78 is 33.6. The Balaban J connectivity index is 1.97. The molecule has 4 aromatic rings. The maximum absolute atomic E-state index is 13.9. The maximum atomic E-state index is 13.9. The number of rotatable bonds is 8. The second-order valence-electron chi connectivity index (χ2n) is 9.32. The van der Waals surface area contributed by atoms with E-state index in [1.165, 1.54) is 6.07 Å². The van der Waals surface area contributed by atoms with Gasteiger partial charge in [-0.2, -0.15) is 4.98 Å². The van der Waals surface area contributed by atoms with Crippen LogP contribution in [0, 0.1) is 11.6 Å². The van der Waals surface area contributed by atoms with Crippen molar-refractivity contribution in [3.05, 3.63) is 92.9 Å². The monoisotopic (exact) mass is 575 g/mol. The zero-order valence-corrected chi connectivity index (χ0v) is 23.5. The van der Waals surface area contributed by atoms with Crippen molar-refractivity contribution < 1.29 is 13.5 Å². The van der Waals surface area contributed by atoms with Gasteiger partial charge < -0.3 is 9.64 Å². The van der Waals surface area contributed by atoms with E-state index < -0.39 is 11.6 Å². The Morgan fingerprint density at radius 3 is 2.05 bits per heavy atom. The first kappa shape index (κ1) is 28.1. The number of halogens is 5. The summed E-state index contributed by atoms with van der Waals surface area (Å²) in [6.07, 6.45) is 0. The minimum absolute atomic E-state index is 0.0502. The molecular weight excluding hydrogens is 551 g/mol. The van der Waals surface area contributed by atoms with E-state index in [1.807, 2.05) is 39.8 Å². The highest BCUT2D eigenvalue weighted by Gasteiger charge is 2.25. The molecule has 0 saturated heterocycles. The van der Waals surface area contributed by atoms with Gasteiger partial charge in [0.25, 0.3) is 0 Å². The number of hydrogen-bond acceptors (Lipinski definition) is 4. The van der Waals surface area contributed by atoms with Crippen molar-refractivity contribution in [2.24, 2.45) is 0 Å². The molecule has 4 rings (SSSR count). The van der Waals surface area contributed by atoms with E-state index in [0.29, 0.717) is 43.4 Å². The van der Waals surface area contributed by atoms with Crippen molar-refractivity contribution in [1.29, 1.82) is 0 Å². The number of benzene rings is 3. The van der Waals surface area contributed by atoms with Crippen molar-refractivity contribution in [2.45, 2.75) is 46.4 Å². The maximum Gasteiger partial charge on any atom is 0.229 e. The number of aromatic nitrogens is 2. The lowest BCUT2D eigenvalue weighted by molar-refractivity contribution is 0.293. The van der Waals surface area contributed by atoms with E-state index in [2.05, 4.69) is 4.90 Å². The summed E-state index contributed by atoms with van der Waals surface area (Å²) in [6.45, 7) is 8.15. The van der Waals surface area contributed by atoms with Crippen LogP contribution in [0.3, 0.4) is 0 Å². The fourth-order valence-electron chi connectivity index (χ4n) is 4.24. The average Bonchev–Trinajstić information content (AvgIpc) is 2.85. The van der Waals surface area contributed by atoms with Gasteiger partial charge in [0.2, 0.25) is 11.8 Å². The highest BCUT2D eigenvalue weighted by atomic mass is 35.5. The molecule has 0 spiro atoms. The molecule has 0 saturated carbocycles. The first-order valence-electron chi connectivity index (χ1n) is 12.0. The van der Waals surface area contributed by atoms with Crippen molar-refractivity contribution in [2.75, 3.05) is 4.90 Å². The molecule has 0 atom stereocenters. The fourth-order valence-corrected chi connectivity index (χ4v) is 4.87. The number of hydrogen-bond donors (Lipinski definition) is 0.